The number of halogens is 2. The van der Waals surface area contributed by atoms with Gasteiger partial charge in [0, 0.05) is 6.07 Å². The van der Waals surface area contributed by atoms with E-state index >= 15 is 0 Å². The lowest BCUT2D eigenvalue weighted by Gasteiger charge is -2.14. The molecule has 31 heavy (non-hydrogen) atoms. The van der Waals surface area contributed by atoms with Crippen LogP contribution in [-0.4, -0.2) is 30.5 Å². The lowest BCUT2D eigenvalue weighted by atomic mass is 10.1. The molecule has 2 aromatic carbocycles. The summed E-state index contributed by atoms with van der Waals surface area (Å²) in [5.41, 5.74) is 2.04. The van der Waals surface area contributed by atoms with Crippen LogP contribution in [0.15, 0.2) is 35.9 Å². The average Bonchev–Trinajstić information content (AvgIpc) is 3.02. The Hall–Kier alpha value is -3.66. The molecule has 0 aliphatic carbocycles. The first-order valence-corrected chi connectivity index (χ1v) is 9.46. The molecule has 11 heteroatoms. The first kappa shape index (κ1) is 22.0. The van der Waals surface area contributed by atoms with Crippen molar-refractivity contribution in [2.75, 3.05) is 18.7 Å². The Morgan fingerprint density at radius 2 is 2.03 bits per heavy atom. The van der Waals surface area contributed by atoms with Crippen LogP contribution in [-0.2, 0) is 9.59 Å². The summed E-state index contributed by atoms with van der Waals surface area (Å²) >= 11 is 5.74. The van der Waals surface area contributed by atoms with Crippen molar-refractivity contribution in [2.45, 2.75) is 13.3 Å². The van der Waals surface area contributed by atoms with E-state index in [0.29, 0.717) is 6.42 Å². The number of nitro benzene ring substituents is 1. The van der Waals surface area contributed by atoms with Crippen LogP contribution in [0.1, 0.15) is 18.9 Å². The minimum absolute atomic E-state index is 0.0405. The predicted octanol–water partition coefficient (Wildman–Crippen LogP) is 3.65. The summed E-state index contributed by atoms with van der Waals surface area (Å²) in [6, 6.07) is 6.12. The Labute approximate surface area is 181 Å². The van der Waals surface area contributed by atoms with Crippen LogP contribution < -0.4 is 19.9 Å². The second-order valence-corrected chi connectivity index (χ2v) is 6.82. The van der Waals surface area contributed by atoms with Gasteiger partial charge in [0.05, 0.1) is 29.4 Å². The quantitative estimate of drug-likeness (QED) is 0.299. The van der Waals surface area contributed by atoms with Gasteiger partial charge in [0.2, 0.25) is 5.75 Å². The molecule has 0 spiro atoms. The Kier molecular flexibility index (Phi) is 6.40. The molecule has 1 fully saturated rings. The van der Waals surface area contributed by atoms with Gasteiger partial charge in [-0.2, -0.15) is 0 Å². The van der Waals surface area contributed by atoms with E-state index in [1.54, 1.807) is 0 Å². The molecule has 0 atom stereocenters. The zero-order valence-corrected chi connectivity index (χ0v) is 17.2. The van der Waals surface area contributed by atoms with Gasteiger partial charge in [0.1, 0.15) is 11.4 Å². The number of hydrogen-bond acceptors (Lipinski definition) is 6. The van der Waals surface area contributed by atoms with Crippen molar-refractivity contribution in [3.05, 3.63) is 62.4 Å². The van der Waals surface area contributed by atoms with Gasteiger partial charge >= 0.3 is 5.69 Å². The van der Waals surface area contributed by atoms with Gasteiger partial charge in [-0.3, -0.25) is 25.1 Å². The lowest BCUT2D eigenvalue weighted by Crippen LogP contribution is -2.35. The van der Waals surface area contributed by atoms with Crippen molar-refractivity contribution < 1.29 is 28.4 Å². The highest BCUT2D eigenvalue weighted by atomic mass is 35.5. The van der Waals surface area contributed by atoms with E-state index in [2.05, 4.69) is 5.43 Å². The third-order valence-corrected chi connectivity index (χ3v) is 4.58. The molecule has 1 aliphatic heterocycles. The summed E-state index contributed by atoms with van der Waals surface area (Å²) in [6.45, 7) is 2.09. The van der Waals surface area contributed by atoms with E-state index < -0.39 is 22.6 Å². The van der Waals surface area contributed by atoms with E-state index in [9.17, 15) is 24.1 Å². The molecule has 0 radical (unpaired) electrons. The van der Waals surface area contributed by atoms with E-state index in [4.69, 9.17) is 21.1 Å². The van der Waals surface area contributed by atoms with Gasteiger partial charge in [-0.25, -0.2) is 9.40 Å². The smallest absolute Gasteiger partial charge is 0.315 e. The Balaban J connectivity index is 2.01. The summed E-state index contributed by atoms with van der Waals surface area (Å²) in [5.74, 6) is -2.10. The highest BCUT2D eigenvalue weighted by Crippen LogP contribution is 2.39. The third kappa shape index (κ3) is 4.43. The average molecular weight is 450 g/mol. The number of nitrogens with zero attached hydrogens (tertiary/aromatic N) is 2. The van der Waals surface area contributed by atoms with Gasteiger partial charge in [0.15, 0.2) is 5.75 Å². The number of carbonyl (C=O) groups is 2. The van der Waals surface area contributed by atoms with Crippen molar-refractivity contribution in [1.82, 2.24) is 5.43 Å². The molecule has 0 unspecified atom stereocenters. The Bertz CT molecular complexity index is 1100. The van der Waals surface area contributed by atoms with E-state index in [1.165, 1.54) is 37.5 Å². The molecule has 2 amide bonds. The number of ether oxygens (including phenoxy) is 2. The minimum Gasteiger partial charge on any atom is -0.493 e. The molecule has 1 aliphatic rings. The predicted molar refractivity (Wildman–Crippen MR) is 110 cm³/mol. The molecule has 162 valence electrons. The normalized spacial score (nSPS) is 14.7. The van der Waals surface area contributed by atoms with E-state index in [0.717, 1.165) is 11.1 Å². The summed E-state index contributed by atoms with van der Waals surface area (Å²) in [6.07, 6.45) is 1.83. The van der Waals surface area contributed by atoms with Gasteiger partial charge in [0.25, 0.3) is 11.8 Å². The number of rotatable bonds is 7. The number of nitrogens with one attached hydrogen (secondary N) is 1. The molecule has 3 rings (SSSR count). The molecule has 9 nitrogen and oxygen atoms in total. The Morgan fingerprint density at radius 3 is 2.65 bits per heavy atom. The summed E-state index contributed by atoms with van der Waals surface area (Å²) in [4.78, 5) is 36.0. The fourth-order valence-corrected chi connectivity index (χ4v) is 3.03. The third-order valence-electron chi connectivity index (χ3n) is 4.29. The number of amides is 2. The molecule has 1 saturated heterocycles. The second kappa shape index (κ2) is 9.00. The van der Waals surface area contributed by atoms with E-state index in [-0.39, 0.29) is 45.6 Å². The summed E-state index contributed by atoms with van der Waals surface area (Å²) in [7, 11) is 1.32. The van der Waals surface area contributed by atoms with Gasteiger partial charge in [-0.15, -0.1) is 0 Å². The Morgan fingerprint density at radius 1 is 1.29 bits per heavy atom. The van der Waals surface area contributed by atoms with E-state index in [1.807, 2.05) is 6.92 Å². The van der Waals surface area contributed by atoms with Crippen molar-refractivity contribution in [1.29, 1.82) is 0 Å². The SMILES string of the molecule is CCCOc1c(OC)cc(/C=C2/C(=O)NN(c3ccc(F)c(Cl)c3)C2=O)cc1[N+](=O)[O-]. The number of carbonyl (C=O) groups excluding carboxylic acids is 2. The summed E-state index contributed by atoms with van der Waals surface area (Å²) < 4.78 is 24.0. The maximum atomic E-state index is 13.4. The van der Waals surface area contributed by atoms with Gasteiger partial charge < -0.3 is 9.47 Å². The zero-order valence-electron chi connectivity index (χ0n) is 16.5. The molecule has 0 saturated carbocycles. The molecule has 0 aromatic heterocycles. The highest BCUT2D eigenvalue weighted by molar-refractivity contribution is 6.33. The molecule has 0 bridgehead atoms. The largest absolute Gasteiger partial charge is 0.493 e. The van der Waals surface area contributed by atoms with Crippen molar-refractivity contribution in [3.63, 3.8) is 0 Å². The van der Waals surface area contributed by atoms with Crippen LogP contribution in [0.3, 0.4) is 0 Å². The van der Waals surface area contributed by atoms with Crippen LogP contribution in [0.5, 0.6) is 11.5 Å². The number of methoxy groups -OCH3 is 1. The highest BCUT2D eigenvalue weighted by Gasteiger charge is 2.35. The standard InChI is InChI=1S/C20H17ClFN3O6/c1-3-6-31-18-16(25(28)29)8-11(9-17(18)30-2)7-13-19(26)23-24(20(13)27)12-4-5-15(22)14(21)10-12/h4-5,7-10H,3,6H2,1-2H3,(H,23,26)/b13-7-. The molecule has 1 N–H and O–H groups in total. The lowest BCUT2D eigenvalue weighted by molar-refractivity contribution is -0.386. The number of anilines is 1. The first-order chi connectivity index (χ1) is 14.8. The number of nitro groups is 1. The van der Waals surface area contributed by atoms with Crippen molar-refractivity contribution >= 4 is 40.9 Å². The fraction of sp³-hybridized carbons (Fsp3) is 0.200. The number of hydrogen-bond donors (Lipinski definition) is 1. The van der Waals surface area contributed by atoms with Gasteiger partial charge in [-0.1, -0.05) is 18.5 Å². The second-order valence-electron chi connectivity index (χ2n) is 6.41. The number of benzene rings is 2. The fourth-order valence-electron chi connectivity index (χ4n) is 2.86. The molecular weight excluding hydrogens is 433 g/mol. The molecular formula is C20H17ClFN3O6. The number of hydrazine groups is 1. The molecule has 1 heterocycles. The van der Waals surface area contributed by atoms with Crippen LogP contribution >= 0.6 is 11.6 Å². The first-order valence-electron chi connectivity index (χ1n) is 9.08. The van der Waals surface area contributed by atoms with Crippen LogP contribution in [0.4, 0.5) is 15.8 Å². The topological polar surface area (TPSA) is 111 Å². The summed E-state index contributed by atoms with van der Waals surface area (Å²) in [5, 5.41) is 12.2. The monoisotopic (exact) mass is 449 g/mol. The van der Waals surface area contributed by atoms with Crippen LogP contribution in [0.2, 0.25) is 5.02 Å². The minimum atomic E-state index is -0.738. The van der Waals surface area contributed by atoms with Crippen molar-refractivity contribution in [2.24, 2.45) is 0 Å². The van der Waals surface area contributed by atoms with Crippen molar-refractivity contribution in [3.8, 4) is 11.5 Å². The van der Waals surface area contributed by atoms with Gasteiger partial charge in [-0.05, 0) is 42.3 Å². The zero-order chi connectivity index (χ0) is 22.7. The molecule has 2 aromatic rings. The maximum Gasteiger partial charge on any atom is 0.315 e. The van der Waals surface area contributed by atoms with Crippen LogP contribution in [0.25, 0.3) is 6.08 Å². The maximum absolute atomic E-state index is 13.4. The van der Waals surface area contributed by atoms with Crippen LogP contribution in [0, 0.1) is 15.9 Å².